The van der Waals surface area contributed by atoms with E-state index in [9.17, 15) is 14.7 Å². The van der Waals surface area contributed by atoms with Crippen LogP contribution in [0.2, 0.25) is 0 Å². The summed E-state index contributed by atoms with van der Waals surface area (Å²) in [5.74, 6) is -3.18. The van der Waals surface area contributed by atoms with E-state index in [2.05, 4.69) is 20.5 Å². The molecule has 4 atom stereocenters. The highest BCUT2D eigenvalue weighted by molar-refractivity contribution is 6.04. The molecule has 3 aliphatic rings. The summed E-state index contributed by atoms with van der Waals surface area (Å²) in [5.41, 5.74) is 2.24. The minimum Gasteiger partial charge on any atom is -0.481 e. The van der Waals surface area contributed by atoms with Crippen molar-refractivity contribution in [2.45, 2.75) is 12.2 Å². The number of carbonyl (C=O) groups is 2. The predicted molar refractivity (Wildman–Crippen MR) is 95.9 cm³/mol. The highest BCUT2D eigenvalue weighted by atomic mass is 16.6. The second kappa shape index (κ2) is 6.57. The molecule has 2 bridgehead atoms. The molecule has 0 unspecified atom stereocenters. The first-order valence-corrected chi connectivity index (χ1v) is 9.09. The number of anilines is 2. The number of aromatic nitrogens is 2. The molecule has 2 aromatic rings. The van der Waals surface area contributed by atoms with E-state index in [0.717, 1.165) is 18.8 Å². The Labute approximate surface area is 159 Å². The Kier molecular flexibility index (Phi) is 4.02. The number of nitrogens with zero attached hydrogens (tertiary/aromatic N) is 3. The van der Waals surface area contributed by atoms with Crippen LogP contribution in [0.15, 0.2) is 28.9 Å². The number of hydrogen-bond acceptors (Lipinski definition) is 8. The van der Waals surface area contributed by atoms with Gasteiger partial charge in [-0.1, -0.05) is 12.2 Å². The van der Waals surface area contributed by atoms with Crippen molar-refractivity contribution >= 4 is 34.3 Å². The Morgan fingerprint density at radius 1 is 1.07 bits per heavy atom. The molecule has 0 spiro atoms. The fourth-order valence-electron chi connectivity index (χ4n) is 4.14. The molecule has 10 heteroatoms. The zero-order valence-electron chi connectivity index (χ0n) is 14.8. The number of hydrogen-bond donors (Lipinski definition) is 2. The molecule has 0 radical (unpaired) electrons. The van der Waals surface area contributed by atoms with Gasteiger partial charge in [0.25, 0.3) is 0 Å². The fraction of sp³-hybridized carbons (Fsp3) is 0.444. The molecule has 5 rings (SSSR count). The number of carboxylic acids is 1. The lowest BCUT2D eigenvalue weighted by Crippen LogP contribution is -2.39. The van der Waals surface area contributed by atoms with Crippen LogP contribution in [0.5, 0.6) is 0 Å². The third kappa shape index (κ3) is 2.64. The second-order valence-corrected chi connectivity index (χ2v) is 7.02. The largest absolute Gasteiger partial charge is 0.481 e. The van der Waals surface area contributed by atoms with Gasteiger partial charge in [-0.3, -0.25) is 9.59 Å². The zero-order chi connectivity index (χ0) is 19.3. The van der Waals surface area contributed by atoms with Crippen LogP contribution in [0.1, 0.15) is 0 Å². The summed E-state index contributed by atoms with van der Waals surface area (Å²) in [6.07, 6.45) is 2.33. The zero-order valence-corrected chi connectivity index (χ0v) is 14.8. The first kappa shape index (κ1) is 17.1. The topological polar surface area (TPSA) is 127 Å². The van der Waals surface area contributed by atoms with E-state index in [-0.39, 0.29) is 0 Å². The number of morpholine rings is 1. The Hall–Kier alpha value is -2.98. The first-order valence-electron chi connectivity index (χ1n) is 9.09. The van der Waals surface area contributed by atoms with Crippen LogP contribution in [0, 0.1) is 11.8 Å². The van der Waals surface area contributed by atoms with Gasteiger partial charge in [-0.15, -0.1) is 0 Å². The van der Waals surface area contributed by atoms with Crippen LogP contribution in [-0.2, 0) is 19.1 Å². The van der Waals surface area contributed by atoms with Crippen LogP contribution >= 0.6 is 0 Å². The second-order valence-electron chi connectivity index (χ2n) is 7.02. The molecule has 2 N–H and O–H groups in total. The molecule has 2 saturated heterocycles. The van der Waals surface area contributed by atoms with E-state index < -0.39 is 35.9 Å². The van der Waals surface area contributed by atoms with Crippen LogP contribution in [0.3, 0.4) is 0 Å². The maximum absolute atomic E-state index is 12.9. The van der Waals surface area contributed by atoms with Crippen LogP contribution < -0.4 is 10.2 Å². The van der Waals surface area contributed by atoms with E-state index in [1.165, 1.54) is 0 Å². The monoisotopic (exact) mass is 386 g/mol. The van der Waals surface area contributed by atoms with Gasteiger partial charge < -0.3 is 24.8 Å². The number of amides is 1. The van der Waals surface area contributed by atoms with Crippen LogP contribution in [0.25, 0.3) is 11.0 Å². The summed E-state index contributed by atoms with van der Waals surface area (Å²) in [6.45, 7) is 2.70. The molecule has 28 heavy (non-hydrogen) atoms. The molecule has 0 aliphatic carbocycles. The first-order chi connectivity index (χ1) is 13.6. The van der Waals surface area contributed by atoms with E-state index >= 15 is 0 Å². The molecule has 3 aliphatic heterocycles. The molecule has 146 valence electrons. The minimum atomic E-state index is -1.05. The molecule has 10 nitrogen and oxygen atoms in total. The van der Waals surface area contributed by atoms with Crippen LogP contribution in [0.4, 0.5) is 11.4 Å². The van der Waals surface area contributed by atoms with Crippen molar-refractivity contribution in [3.05, 3.63) is 24.3 Å². The maximum atomic E-state index is 12.9. The van der Waals surface area contributed by atoms with Crippen LogP contribution in [-0.4, -0.2) is 65.8 Å². The smallest absolute Gasteiger partial charge is 0.310 e. The molecule has 2 fully saturated rings. The lowest BCUT2D eigenvalue weighted by Gasteiger charge is -2.29. The molecular formula is C18H18N4O6. The highest BCUT2D eigenvalue weighted by Gasteiger charge is 2.53. The van der Waals surface area contributed by atoms with E-state index in [1.807, 2.05) is 6.07 Å². The Morgan fingerprint density at radius 2 is 1.79 bits per heavy atom. The van der Waals surface area contributed by atoms with Crippen molar-refractivity contribution in [3.8, 4) is 0 Å². The highest BCUT2D eigenvalue weighted by Crippen LogP contribution is 2.40. The number of carboxylic acid groups (broad SMARTS) is 1. The van der Waals surface area contributed by atoms with Gasteiger partial charge in [0.1, 0.15) is 5.92 Å². The van der Waals surface area contributed by atoms with Gasteiger partial charge in [0.15, 0.2) is 11.0 Å². The number of fused-ring (bicyclic) bond motifs is 3. The summed E-state index contributed by atoms with van der Waals surface area (Å²) >= 11 is 0. The van der Waals surface area contributed by atoms with E-state index in [1.54, 1.807) is 18.2 Å². The average Bonchev–Trinajstić information content (AvgIpc) is 3.44. The Bertz CT molecular complexity index is 966. The number of carbonyl (C=O) groups excluding carboxylic acids is 1. The van der Waals surface area contributed by atoms with Gasteiger partial charge >= 0.3 is 5.97 Å². The number of nitrogens with one attached hydrogen (secondary N) is 1. The summed E-state index contributed by atoms with van der Waals surface area (Å²) in [4.78, 5) is 26.6. The third-order valence-corrected chi connectivity index (χ3v) is 5.49. The van der Waals surface area contributed by atoms with Gasteiger partial charge in [-0.05, 0) is 22.4 Å². The van der Waals surface area contributed by atoms with Gasteiger partial charge in [0.05, 0.1) is 42.7 Å². The van der Waals surface area contributed by atoms with Gasteiger partial charge in [0.2, 0.25) is 5.91 Å². The molecule has 4 heterocycles. The van der Waals surface area contributed by atoms with Gasteiger partial charge in [-0.2, -0.15) is 0 Å². The SMILES string of the molecule is O=C(Nc1ccc(N2CCOCC2)c2nonc12)[C@@H]1[C@H](C(=O)O)[C@@H]2C=C[C@H]1O2. The third-order valence-electron chi connectivity index (χ3n) is 5.49. The lowest BCUT2D eigenvalue weighted by atomic mass is 9.82. The van der Waals surface area contributed by atoms with Crippen molar-refractivity contribution in [2.75, 3.05) is 36.5 Å². The lowest BCUT2D eigenvalue weighted by molar-refractivity contribution is -0.145. The van der Waals surface area contributed by atoms with Gasteiger partial charge in [0, 0.05) is 13.1 Å². The molecule has 1 aromatic carbocycles. The van der Waals surface area contributed by atoms with Crippen molar-refractivity contribution in [3.63, 3.8) is 0 Å². The molecule has 1 amide bonds. The van der Waals surface area contributed by atoms with Crippen molar-refractivity contribution < 1.29 is 28.8 Å². The fourth-order valence-corrected chi connectivity index (χ4v) is 4.14. The quantitative estimate of drug-likeness (QED) is 0.728. The Morgan fingerprint density at radius 3 is 2.54 bits per heavy atom. The molecule has 1 aromatic heterocycles. The summed E-state index contributed by atoms with van der Waals surface area (Å²) in [7, 11) is 0. The Balaban J connectivity index is 1.43. The van der Waals surface area contributed by atoms with Crippen molar-refractivity contribution in [2.24, 2.45) is 11.8 Å². The molecule has 0 saturated carbocycles. The predicted octanol–water partition coefficient (Wildman–Crippen LogP) is 0.652. The van der Waals surface area contributed by atoms with Gasteiger partial charge in [-0.25, -0.2) is 4.63 Å². The summed E-state index contributed by atoms with van der Waals surface area (Å²) in [6, 6.07) is 3.58. The summed E-state index contributed by atoms with van der Waals surface area (Å²) < 4.78 is 15.9. The van der Waals surface area contributed by atoms with Crippen molar-refractivity contribution in [1.29, 1.82) is 0 Å². The van der Waals surface area contributed by atoms with E-state index in [0.29, 0.717) is 29.9 Å². The number of rotatable bonds is 4. The maximum Gasteiger partial charge on any atom is 0.310 e. The van der Waals surface area contributed by atoms with E-state index in [4.69, 9.17) is 14.1 Å². The minimum absolute atomic E-state index is 0.420. The molecular weight excluding hydrogens is 368 g/mol. The normalized spacial score (nSPS) is 28.8. The summed E-state index contributed by atoms with van der Waals surface area (Å²) in [5, 5.41) is 20.2. The number of ether oxygens (including phenoxy) is 2. The van der Waals surface area contributed by atoms with Crippen molar-refractivity contribution in [1.82, 2.24) is 10.3 Å². The average molecular weight is 386 g/mol. The number of aliphatic carboxylic acids is 1. The standard InChI is InChI=1S/C18H18N4O6/c23-17(13-11-3-4-12(27-11)14(13)18(24)25)19-9-1-2-10(16-15(9)20-28-21-16)22-5-7-26-8-6-22/h1-4,11-14H,5-8H2,(H,19,23)(H,24,25)/t11-,12+,13+,14-/m1/s1. The number of benzene rings is 1.